The Balaban J connectivity index is 1.82. The minimum absolute atomic E-state index is 0.0184. The zero-order chi connectivity index (χ0) is 24.9. The van der Waals surface area contributed by atoms with Gasteiger partial charge in [0.25, 0.3) is 5.91 Å². The van der Waals surface area contributed by atoms with E-state index in [-0.39, 0.29) is 38.6 Å². The van der Waals surface area contributed by atoms with Gasteiger partial charge in [-0.3, -0.25) is 4.79 Å². The van der Waals surface area contributed by atoms with Gasteiger partial charge in [-0.25, -0.2) is 5.43 Å². The minimum Gasteiger partial charge on any atom is -0.490 e. The summed E-state index contributed by atoms with van der Waals surface area (Å²) in [7, 11) is -4.15. The summed E-state index contributed by atoms with van der Waals surface area (Å²) >= 11 is 18.2. The average molecular weight is 542 g/mol. The molecule has 0 spiro atoms. The SMILES string of the molecule is CCOc1cc(/C=N\NC(=O)c2ccc(Cl)cc2Cl)cc(Cl)c1OS(=O)(=O)c1ccc(C)cc1. The molecule has 0 heterocycles. The zero-order valence-electron chi connectivity index (χ0n) is 18.0. The minimum atomic E-state index is -4.15. The molecule has 0 aliphatic heterocycles. The molecule has 0 aromatic heterocycles. The molecule has 0 aliphatic rings. The van der Waals surface area contributed by atoms with Crippen molar-refractivity contribution in [2.24, 2.45) is 5.10 Å². The number of hydrazone groups is 1. The zero-order valence-corrected chi connectivity index (χ0v) is 21.1. The molecule has 3 aromatic rings. The molecule has 3 aromatic carbocycles. The number of nitrogens with one attached hydrogen (secondary N) is 1. The number of hydrogen-bond donors (Lipinski definition) is 1. The lowest BCUT2D eigenvalue weighted by atomic mass is 10.2. The first-order valence-corrected chi connectivity index (χ1v) is 12.4. The number of nitrogens with zero attached hydrogens (tertiary/aromatic N) is 1. The van der Waals surface area contributed by atoms with Gasteiger partial charge in [-0.15, -0.1) is 0 Å². The van der Waals surface area contributed by atoms with E-state index in [0.29, 0.717) is 10.6 Å². The number of ether oxygens (including phenoxy) is 1. The van der Waals surface area contributed by atoms with Crippen LogP contribution < -0.4 is 14.3 Å². The van der Waals surface area contributed by atoms with E-state index in [1.54, 1.807) is 19.1 Å². The van der Waals surface area contributed by atoms with Crippen molar-refractivity contribution in [1.82, 2.24) is 5.43 Å². The highest BCUT2D eigenvalue weighted by atomic mass is 35.5. The van der Waals surface area contributed by atoms with Gasteiger partial charge >= 0.3 is 10.1 Å². The van der Waals surface area contributed by atoms with Crippen LogP contribution in [0, 0.1) is 6.92 Å². The van der Waals surface area contributed by atoms with E-state index in [1.165, 1.54) is 48.7 Å². The fraction of sp³-hybridized carbons (Fsp3) is 0.130. The number of carbonyl (C=O) groups excluding carboxylic acids is 1. The van der Waals surface area contributed by atoms with Crippen molar-refractivity contribution in [3.8, 4) is 11.5 Å². The summed E-state index contributed by atoms with van der Waals surface area (Å²) in [6.07, 6.45) is 1.31. The van der Waals surface area contributed by atoms with Crippen molar-refractivity contribution in [2.75, 3.05) is 6.61 Å². The van der Waals surface area contributed by atoms with E-state index in [0.717, 1.165) is 5.56 Å². The van der Waals surface area contributed by atoms with Crippen molar-refractivity contribution in [2.45, 2.75) is 18.7 Å². The number of amides is 1. The van der Waals surface area contributed by atoms with Gasteiger partial charge in [0.05, 0.1) is 28.4 Å². The third-order valence-electron chi connectivity index (χ3n) is 4.39. The Morgan fingerprint density at radius 3 is 2.38 bits per heavy atom. The number of carbonyl (C=O) groups is 1. The van der Waals surface area contributed by atoms with Crippen molar-refractivity contribution >= 4 is 57.0 Å². The average Bonchev–Trinajstić information content (AvgIpc) is 2.76. The Bertz CT molecular complexity index is 1340. The summed E-state index contributed by atoms with van der Waals surface area (Å²) in [5.74, 6) is -0.601. The molecule has 34 heavy (non-hydrogen) atoms. The molecular formula is C23H19Cl3N2O5S. The van der Waals surface area contributed by atoms with Crippen LogP contribution in [0.25, 0.3) is 0 Å². The molecule has 0 fully saturated rings. The Hall–Kier alpha value is -2.78. The Morgan fingerprint density at radius 2 is 1.74 bits per heavy atom. The first-order chi connectivity index (χ1) is 16.1. The maximum absolute atomic E-state index is 12.7. The van der Waals surface area contributed by atoms with Gasteiger partial charge in [-0.05, 0) is 61.9 Å². The molecule has 0 atom stereocenters. The molecule has 0 aliphatic carbocycles. The standard InChI is InChI=1S/C23H19Cl3N2O5S/c1-3-32-21-11-15(13-27-28-23(29)18-9-6-16(24)12-19(18)25)10-20(26)22(21)33-34(30,31)17-7-4-14(2)5-8-17/h4-13H,3H2,1-2H3,(H,28,29)/b27-13-. The fourth-order valence-electron chi connectivity index (χ4n) is 2.77. The molecule has 3 rings (SSSR count). The number of benzene rings is 3. The van der Waals surface area contributed by atoms with Gasteiger partial charge < -0.3 is 8.92 Å². The van der Waals surface area contributed by atoms with E-state index in [1.807, 2.05) is 6.92 Å². The molecule has 1 amide bonds. The predicted molar refractivity (Wildman–Crippen MR) is 133 cm³/mol. The lowest BCUT2D eigenvalue weighted by Gasteiger charge is -2.14. The third-order valence-corrected chi connectivity index (χ3v) is 6.45. The summed E-state index contributed by atoms with van der Waals surface area (Å²) in [5, 5.41) is 4.45. The number of aryl methyl sites for hydroxylation is 1. The number of hydrogen-bond acceptors (Lipinski definition) is 6. The first-order valence-electron chi connectivity index (χ1n) is 9.86. The lowest BCUT2D eigenvalue weighted by Crippen LogP contribution is -2.18. The summed E-state index contributed by atoms with van der Waals surface area (Å²) in [6.45, 7) is 3.79. The van der Waals surface area contributed by atoms with Crippen LogP contribution in [0.4, 0.5) is 0 Å². The van der Waals surface area contributed by atoms with Gasteiger partial charge in [0.1, 0.15) is 4.90 Å². The van der Waals surface area contributed by atoms with Crippen LogP contribution in [0.5, 0.6) is 11.5 Å². The summed E-state index contributed by atoms with van der Waals surface area (Å²) in [6, 6.07) is 13.6. The second-order valence-corrected chi connectivity index (χ2v) is 9.73. The quantitative estimate of drug-likeness (QED) is 0.218. The molecule has 0 saturated carbocycles. The van der Waals surface area contributed by atoms with E-state index in [2.05, 4.69) is 10.5 Å². The van der Waals surface area contributed by atoms with Crippen molar-refractivity contribution in [3.63, 3.8) is 0 Å². The third kappa shape index (κ3) is 6.42. The second kappa shape index (κ2) is 11.1. The Morgan fingerprint density at radius 1 is 1.03 bits per heavy atom. The molecular weight excluding hydrogens is 523 g/mol. The van der Waals surface area contributed by atoms with Gasteiger partial charge in [-0.2, -0.15) is 13.5 Å². The Kier molecular flexibility index (Phi) is 8.43. The summed E-state index contributed by atoms with van der Waals surface area (Å²) in [4.78, 5) is 12.3. The largest absolute Gasteiger partial charge is 0.490 e. The Labute approximate surface area is 212 Å². The maximum atomic E-state index is 12.7. The van der Waals surface area contributed by atoms with Crippen molar-refractivity contribution in [1.29, 1.82) is 0 Å². The van der Waals surface area contributed by atoms with Gasteiger partial charge in [0, 0.05) is 5.02 Å². The number of halogens is 3. The molecule has 1 N–H and O–H groups in total. The normalized spacial score (nSPS) is 11.4. The summed E-state index contributed by atoms with van der Waals surface area (Å²) < 4.78 is 36.2. The lowest BCUT2D eigenvalue weighted by molar-refractivity contribution is 0.0955. The molecule has 11 heteroatoms. The number of rotatable bonds is 8. The fourth-order valence-corrected chi connectivity index (χ4v) is 4.52. The van der Waals surface area contributed by atoms with Crippen LogP contribution >= 0.6 is 34.8 Å². The predicted octanol–water partition coefficient (Wildman–Crippen LogP) is 5.89. The van der Waals surface area contributed by atoms with Gasteiger partial charge in [0.15, 0.2) is 5.75 Å². The van der Waals surface area contributed by atoms with Crippen LogP contribution in [0.1, 0.15) is 28.4 Å². The van der Waals surface area contributed by atoms with E-state index < -0.39 is 16.0 Å². The monoisotopic (exact) mass is 540 g/mol. The molecule has 0 bridgehead atoms. The van der Waals surface area contributed by atoms with Crippen LogP contribution in [-0.2, 0) is 10.1 Å². The second-order valence-electron chi connectivity index (χ2n) is 6.94. The van der Waals surface area contributed by atoms with Crippen molar-refractivity contribution < 1.29 is 22.1 Å². The van der Waals surface area contributed by atoms with Gasteiger partial charge in [0.2, 0.25) is 5.75 Å². The molecule has 0 saturated heterocycles. The molecule has 0 unspecified atom stereocenters. The topological polar surface area (TPSA) is 94.1 Å². The van der Waals surface area contributed by atoms with Crippen LogP contribution in [-0.4, -0.2) is 27.1 Å². The highest BCUT2D eigenvalue weighted by Crippen LogP contribution is 2.38. The van der Waals surface area contributed by atoms with Gasteiger partial charge in [-0.1, -0.05) is 52.5 Å². The molecule has 0 radical (unpaired) electrons. The summed E-state index contributed by atoms with van der Waals surface area (Å²) in [5.41, 5.74) is 3.88. The van der Waals surface area contributed by atoms with E-state index in [4.69, 9.17) is 43.7 Å². The first kappa shape index (κ1) is 25.8. The molecule has 178 valence electrons. The highest BCUT2D eigenvalue weighted by Gasteiger charge is 2.22. The van der Waals surface area contributed by atoms with Crippen LogP contribution in [0.15, 0.2) is 64.6 Å². The van der Waals surface area contributed by atoms with E-state index >= 15 is 0 Å². The highest BCUT2D eigenvalue weighted by molar-refractivity contribution is 7.87. The van der Waals surface area contributed by atoms with E-state index in [9.17, 15) is 13.2 Å². The van der Waals surface area contributed by atoms with Crippen LogP contribution in [0.3, 0.4) is 0 Å². The molecule has 7 nitrogen and oxygen atoms in total. The maximum Gasteiger partial charge on any atom is 0.339 e. The van der Waals surface area contributed by atoms with Crippen molar-refractivity contribution in [3.05, 3.63) is 86.4 Å². The van der Waals surface area contributed by atoms with Crippen LogP contribution in [0.2, 0.25) is 15.1 Å². The smallest absolute Gasteiger partial charge is 0.339 e.